The van der Waals surface area contributed by atoms with Crippen LogP contribution >= 0.6 is 0 Å². The van der Waals surface area contributed by atoms with E-state index >= 15 is 0 Å². The zero-order chi connectivity index (χ0) is 15.0. The van der Waals surface area contributed by atoms with E-state index in [2.05, 4.69) is 36.5 Å². The summed E-state index contributed by atoms with van der Waals surface area (Å²) in [5.74, 6) is 0. The molecule has 3 aliphatic rings. The highest BCUT2D eigenvalue weighted by Crippen LogP contribution is 2.63. The van der Waals surface area contributed by atoms with Gasteiger partial charge in [-0.2, -0.15) is 0 Å². The van der Waals surface area contributed by atoms with E-state index in [1.807, 2.05) is 0 Å². The Bertz CT molecular complexity index is 532. The average Bonchev–Trinajstić information content (AvgIpc) is 2.55. The third-order valence-electron chi connectivity index (χ3n) is 7.22. The number of fused-ring (bicyclic) bond motifs is 1. The minimum absolute atomic E-state index is 0.490. The van der Waals surface area contributed by atoms with Crippen LogP contribution in [-0.2, 0) is 11.8 Å². The van der Waals surface area contributed by atoms with Gasteiger partial charge >= 0.3 is 0 Å². The molecule has 22 heavy (non-hydrogen) atoms. The van der Waals surface area contributed by atoms with Crippen molar-refractivity contribution in [3.63, 3.8) is 0 Å². The standard InChI is InChI=1S/C21H31N/c1-2-3-6-12-21-13-8-7-11-20(21)14-15-22-19(21)16-17-9-4-5-10-18(17)20/h4-5,9-10,19,22H,2-3,6-8,11-16H2,1H3/t19-,20+,21+/m1/s1. The van der Waals surface area contributed by atoms with Gasteiger partial charge < -0.3 is 5.32 Å². The Morgan fingerprint density at radius 3 is 2.86 bits per heavy atom. The third-order valence-corrected chi connectivity index (χ3v) is 7.22. The summed E-state index contributed by atoms with van der Waals surface area (Å²) >= 11 is 0. The molecule has 1 aromatic rings. The highest BCUT2D eigenvalue weighted by molar-refractivity contribution is 5.43. The Labute approximate surface area is 135 Å². The molecule has 1 aliphatic heterocycles. The van der Waals surface area contributed by atoms with Gasteiger partial charge in [-0.3, -0.25) is 0 Å². The maximum Gasteiger partial charge on any atom is 0.0173 e. The Kier molecular flexibility index (Phi) is 3.80. The molecular formula is C21H31N. The largest absolute Gasteiger partial charge is 0.313 e. The van der Waals surface area contributed by atoms with Crippen LogP contribution in [0.1, 0.15) is 75.8 Å². The van der Waals surface area contributed by atoms with Gasteiger partial charge in [0.2, 0.25) is 0 Å². The van der Waals surface area contributed by atoms with Crippen molar-refractivity contribution < 1.29 is 0 Å². The second kappa shape index (κ2) is 5.67. The molecule has 1 nitrogen and oxygen atoms in total. The molecule has 3 atom stereocenters. The summed E-state index contributed by atoms with van der Waals surface area (Å²) in [7, 11) is 0. The van der Waals surface area contributed by atoms with Gasteiger partial charge in [0.25, 0.3) is 0 Å². The maximum absolute atomic E-state index is 3.95. The third kappa shape index (κ3) is 1.94. The molecule has 1 saturated heterocycles. The first kappa shape index (κ1) is 14.8. The van der Waals surface area contributed by atoms with Gasteiger partial charge in [-0.1, -0.05) is 63.3 Å². The molecule has 1 heteroatoms. The molecule has 0 unspecified atom stereocenters. The lowest BCUT2D eigenvalue weighted by Gasteiger charge is -2.64. The zero-order valence-electron chi connectivity index (χ0n) is 14.2. The minimum atomic E-state index is 0.490. The normalized spacial score (nSPS) is 36.5. The van der Waals surface area contributed by atoms with Gasteiger partial charge in [0.15, 0.2) is 0 Å². The predicted molar refractivity (Wildman–Crippen MR) is 93.3 cm³/mol. The van der Waals surface area contributed by atoms with Gasteiger partial charge in [0, 0.05) is 11.5 Å². The molecule has 1 heterocycles. The van der Waals surface area contributed by atoms with Crippen molar-refractivity contribution in [3.8, 4) is 0 Å². The van der Waals surface area contributed by atoms with Crippen LogP contribution in [0.15, 0.2) is 24.3 Å². The lowest BCUT2D eigenvalue weighted by atomic mass is 9.43. The number of hydrogen-bond acceptors (Lipinski definition) is 1. The van der Waals surface area contributed by atoms with Crippen LogP contribution in [-0.4, -0.2) is 12.6 Å². The smallest absolute Gasteiger partial charge is 0.0173 e. The summed E-state index contributed by atoms with van der Waals surface area (Å²) in [6, 6.07) is 10.2. The molecule has 0 aromatic heterocycles. The molecule has 0 spiro atoms. The van der Waals surface area contributed by atoms with Crippen LogP contribution in [0.2, 0.25) is 0 Å². The number of rotatable bonds is 4. The molecule has 4 rings (SSSR count). The second-order valence-electron chi connectivity index (χ2n) is 8.02. The first-order chi connectivity index (χ1) is 10.8. The molecule has 120 valence electrons. The molecule has 1 N–H and O–H groups in total. The van der Waals surface area contributed by atoms with Crippen LogP contribution in [0.5, 0.6) is 0 Å². The molecule has 1 aromatic carbocycles. The summed E-state index contributed by atoms with van der Waals surface area (Å²) < 4.78 is 0. The van der Waals surface area contributed by atoms with Crippen LogP contribution in [0.3, 0.4) is 0 Å². The van der Waals surface area contributed by atoms with Crippen molar-refractivity contribution in [1.29, 1.82) is 0 Å². The molecule has 0 radical (unpaired) electrons. The predicted octanol–water partition coefficient (Wildman–Crippen LogP) is 4.98. The van der Waals surface area contributed by atoms with Crippen molar-refractivity contribution in [2.45, 2.75) is 82.6 Å². The van der Waals surface area contributed by atoms with E-state index in [9.17, 15) is 0 Å². The molecule has 2 bridgehead atoms. The number of benzene rings is 1. The molecular weight excluding hydrogens is 266 g/mol. The molecule has 1 saturated carbocycles. The van der Waals surface area contributed by atoms with Crippen molar-refractivity contribution in [2.75, 3.05) is 6.54 Å². The number of nitrogens with one attached hydrogen (secondary N) is 1. The first-order valence-electron chi connectivity index (χ1n) is 9.64. The second-order valence-corrected chi connectivity index (χ2v) is 8.02. The van der Waals surface area contributed by atoms with E-state index in [0.717, 1.165) is 6.04 Å². The van der Waals surface area contributed by atoms with Gasteiger partial charge in [0.1, 0.15) is 0 Å². The fourth-order valence-corrected chi connectivity index (χ4v) is 6.31. The van der Waals surface area contributed by atoms with Crippen molar-refractivity contribution in [2.24, 2.45) is 5.41 Å². The fourth-order valence-electron chi connectivity index (χ4n) is 6.31. The average molecular weight is 297 g/mol. The fraction of sp³-hybridized carbons (Fsp3) is 0.714. The van der Waals surface area contributed by atoms with Gasteiger partial charge in [-0.25, -0.2) is 0 Å². The zero-order valence-corrected chi connectivity index (χ0v) is 14.2. The molecule has 0 amide bonds. The van der Waals surface area contributed by atoms with E-state index < -0.39 is 0 Å². The van der Waals surface area contributed by atoms with Crippen molar-refractivity contribution >= 4 is 0 Å². The summed E-state index contributed by atoms with van der Waals surface area (Å²) in [6.07, 6.45) is 14.1. The Morgan fingerprint density at radius 2 is 1.95 bits per heavy atom. The number of hydrogen-bond donors (Lipinski definition) is 1. The number of unbranched alkanes of at least 4 members (excludes halogenated alkanes) is 2. The van der Waals surface area contributed by atoms with Crippen LogP contribution < -0.4 is 5.32 Å². The lowest BCUT2D eigenvalue weighted by molar-refractivity contribution is -0.0387. The summed E-state index contributed by atoms with van der Waals surface area (Å²) in [5.41, 5.74) is 4.42. The van der Waals surface area contributed by atoms with Crippen molar-refractivity contribution in [3.05, 3.63) is 35.4 Å². The van der Waals surface area contributed by atoms with Gasteiger partial charge in [0.05, 0.1) is 0 Å². The minimum Gasteiger partial charge on any atom is -0.313 e. The Balaban J connectivity index is 1.80. The first-order valence-corrected chi connectivity index (χ1v) is 9.64. The maximum atomic E-state index is 3.95. The van der Waals surface area contributed by atoms with E-state index in [-0.39, 0.29) is 0 Å². The quantitative estimate of drug-likeness (QED) is 0.773. The van der Waals surface area contributed by atoms with E-state index in [1.165, 1.54) is 70.8 Å². The van der Waals surface area contributed by atoms with Crippen LogP contribution in [0, 0.1) is 5.41 Å². The number of piperidine rings is 1. The van der Waals surface area contributed by atoms with E-state index in [0.29, 0.717) is 10.8 Å². The van der Waals surface area contributed by atoms with Crippen LogP contribution in [0.25, 0.3) is 0 Å². The SMILES string of the molecule is CCCCC[C@@]12CCCC[C@@]13CCN[C@@H]2Cc1ccccc13. The highest BCUT2D eigenvalue weighted by atomic mass is 15.0. The summed E-state index contributed by atoms with van der Waals surface area (Å²) in [4.78, 5) is 0. The lowest BCUT2D eigenvalue weighted by Crippen LogP contribution is -2.67. The van der Waals surface area contributed by atoms with Crippen LogP contribution in [0.4, 0.5) is 0 Å². The van der Waals surface area contributed by atoms with Gasteiger partial charge in [-0.15, -0.1) is 0 Å². The topological polar surface area (TPSA) is 12.0 Å². The van der Waals surface area contributed by atoms with Crippen molar-refractivity contribution in [1.82, 2.24) is 5.32 Å². The summed E-state index contributed by atoms with van der Waals surface area (Å²) in [5, 5.41) is 3.95. The van der Waals surface area contributed by atoms with Gasteiger partial charge in [-0.05, 0) is 55.2 Å². The Hall–Kier alpha value is -0.820. The highest BCUT2D eigenvalue weighted by Gasteiger charge is 2.60. The van der Waals surface area contributed by atoms with E-state index in [4.69, 9.17) is 0 Å². The molecule has 2 aliphatic carbocycles. The summed E-state index contributed by atoms with van der Waals surface area (Å²) in [6.45, 7) is 3.57. The van der Waals surface area contributed by atoms with E-state index in [1.54, 1.807) is 11.1 Å². The monoisotopic (exact) mass is 297 g/mol. The Morgan fingerprint density at radius 1 is 1.09 bits per heavy atom. The molecule has 2 fully saturated rings.